The predicted octanol–water partition coefficient (Wildman–Crippen LogP) is 6.03. The van der Waals surface area contributed by atoms with Gasteiger partial charge in [-0.1, -0.05) is 97.1 Å². The Hall–Kier alpha value is -4.69. The molecular weight excluding hydrogens is 450 g/mol. The molecule has 5 heteroatoms. The van der Waals surface area contributed by atoms with Crippen molar-refractivity contribution in [2.24, 2.45) is 11.8 Å². The Morgan fingerprint density at radius 3 is 1.72 bits per heavy atom. The molecule has 0 aliphatic heterocycles. The summed E-state index contributed by atoms with van der Waals surface area (Å²) in [6.45, 7) is 0. The number of benzene rings is 4. The largest absolute Gasteiger partial charge is 0.481 e. The van der Waals surface area contributed by atoms with E-state index in [1.807, 2.05) is 97.1 Å². The number of aliphatic carboxylic acids is 1. The van der Waals surface area contributed by atoms with Gasteiger partial charge in [-0.25, -0.2) is 0 Å². The smallest absolute Gasteiger partial charge is 0.315 e. The minimum absolute atomic E-state index is 0.168. The summed E-state index contributed by atoms with van der Waals surface area (Å²) in [4.78, 5) is 26.1. The molecule has 0 saturated heterocycles. The van der Waals surface area contributed by atoms with Crippen molar-refractivity contribution >= 4 is 11.9 Å². The molecule has 1 aliphatic carbocycles. The molecule has 0 aromatic heterocycles. The minimum Gasteiger partial charge on any atom is -0.481 e. The summed E-state index contributed by atoms with van der Waals surface area (Å²) in [6, 6.07) is 35.3. The summed E-state index contributed by atoms with van der Waals surface area (Å²) in [5.41, 5.74) is 3.53. The van der Waals surface area contributed by atoms with Crippen LogP contribution in [-0.4, -0.2) is 17.0 Å². The summed E-state index contributed by atoms with van der Waals surface area (Å²) in [7, 11) is 0. The maximum atomic E-state index is 13.7. The van der Waals surface area contributed by atoms with Gasteiger partial charge in [0.2, 0.25) is 0 Å². The summed E-state index contributed by atoms with van der Waals surface area (Å²) < 4.78 is 5.88. The molecule has 1 N–H and O–H groups in total. The van der Waals surface area contributed by atoms with Gasteiger partial charge in [-0.05, 0) is 34.4 Å². The summed E-state index contributed by atoms with van der Waals surface area (Å²) in [5.74, 6) is -3.93. The predicted molar refractivity (Wildman–Crippen MR) is 135 cm³/mol. The number of nitrogens with zero attached hydrogens (tertiary/aromatic N) is 1. The normalized spacial score (nSPS) is 20.5. The first-order chi connectivity index (χ1) is 17.6. The number of hydrogen-bond donors (Lipinski definition) is 1. The number of carboxylic acid groups (broad SMARTS) is 1. The van der Waals surface area contributed by atoms with Gasteiger partial charge in [-0.15, -0.1) is 0 Å². The fraction of sp³-hybridized carbons (Fsp3) is 0.129. The lowest BCUT2D eigenvalue weighted by molar-refractivity contribution is -0.158. The maximum absolute atomic E-state index is 13.7. The number of carboxylic acids is 1. The fourth-order valence-electron chi connectivity index (χ4n) is 5.21. The molecule has 1 fully saturated rings. The van der Waals surface area contributed by atoms with Gasteiger partial charge in [0.25, 0.3) is 0 Å². The van der Waals surface area contributed by atoms with E-state index in [0.29, 0.717) is 0 Å². The first kappa shape index (κ1) is 23.1. The van der Waals surface area contributed by atoms with Crippen LogP contribution in [0.15, 0.2) is 109 Å². The standard InChI is InChI=1S/C31H23NO4/c32-19-24-17-16-23(20-10-4-1-5-11-20)18-25(24)36-31(35)29-26(21-12-6-2-7-13-21)28(30(33)34)27(29)22-14-8-3-9-15-22/h1-18,26-29H,(H,33,34)/t26?,27?,28-,29+. The van der Waals surface area contributed by atoms with Crippen molar-refractivity contribution in [3.05, 3.63) is 126 Å². The minimum atomic E-state index is -0.953. The SMILES string of the molecule is N#Cc1ccc(-c2ccccc2)cc1OC(=O)[C@H]1C(c2ccccc2)[C@@H](C(=O)O)C1c1ccccc1. The second-order valence-corrected chi connectivity index (χ2v) is 8.87. The number of ether oxygens (including phenoxy) is 1. The van der Waals surface area contributed by atoms with Crippen molar-refractivity contribution in [1.82, 2.24) is 0 Å². The van der Waals surface area contributed by atoms with Crippen LogP contribution in [0, 0.1) is 23.2 Å². The summed E-state index contributed by atoms with van der Waals surface area (Å²) in [6.07, 6.45) is 0. The van der Waals surface area contributed by atoms with Crippen LogP contribution in [0.3, 0.4) is 0 Å². The Kier molecular flexibility index (Phi) is 6.34. The molecule has 1 aliphatic rings. The Morgan fingerprint density at radius 2 is 1.22 bits per heavy atom. The molecular formula is C31H23NO4. The van der Waals surface area contributed by atoms with Gasteiger partial charge in [0.15, 0.2) is 0 Å². The highest BCUT2D eigenvalue weighted by Crippen LogP contribution is 2.58. The number of rotatable bonds is 6. The van der Waals surface area contributed by atoms with E-state index in [1.54, 1.807) is 12.1 Å². The Bertz CT molecular complexity index is 1380. The zero-order valence-corrected chi connectivity index (χ0v) is 19.3. The van der Waals surface area contributed by atoms with Gasteiger partial charge in [0, 0.05) is 11.8 Å². The van der Waals surface area contributed by atoms with Crippen LogP contribution in [-0.2, 0) is 9.59 Å². The van der Waals surface area contributed by atoms with Gasteiger partial charge in [0.05, 0.1) is 17.4 Å². The van der Waals surface area contributed by atoms with Crippen molar-refractivity contribution in [1.29, 1.82) is 5.26 Å². The van der Waals surface area contributed by atoms with Crippen molar-refractivity contribution in [3.8, 4) is 22.9 Å². The average Bonchev–Trinajstić information content (AvgIpc) is 2.89. The van der Waals surface area contributed by atoms with E-state index in [4.69, 9.17) is 4.74 Å². The van der Waals surface area contributed by atoms with Crippen LogP contribution >= 0.6 is 0 Å². The number of nitriles is 1. The van der Waals surface area contributed by atoms with Crippen LogP contribution in [0.25, 0.3) is 11.1 Å². The average molecular weight is 474 g/mol. The molecule has 5 rings (SSSR count). The number of carbonyl (C=O) groups excluding carboxylic acids is 1. The van der Waals surface area contributed by atoms with Gasteiger partial charge < -0.3 is 9.84 Å². The van der Waals surface area contributed by atoms with E-state index < -0.39 is 35.6 Å². The molecule has 0 radical (unpaired) electrons. The third-order valence-electron chi connectivity index (χ3n) is 6.89. The van der Waals surface area contributed by atoms with E-state index >= 15 is 0 Å². The van der Waals surface area contributed by atoms with Crippen molar-refractivity contribution in [2.75, 3.05) is 0 Å². The Morgan fingerprint density at radius 1 is 0.694 bits per heavy atom. The summed E-state index contributed by atoms with van der Waals surface area (Å²) >= 11 is 0. The van der Waals surface area contributed by atoms with E-state index in [2.05, 4.69) is 6.07 Å². The molecule has 2 atom stereocenters. The number of esters is 1. The van der Waals surface area contributed by atoms with E-state index in [0.717, 1.165) is 22.3 Å². The molecule has 2 unspecified atom stereocenters. The molecule has 0 bridgehead atoms. The van der Waals surface area contributed by atoms with Crippen LogP contribution in [0.1, 0.15) is 28.5 Å². The van der Waals surface area contributed by atoms with Crippen molar-refractivity contribution in [3.63, 3.8) is 0 Å². The van der Waals surface area contributed by atoms with Gasteiger partial charge in [-0.3, -0.25) is 9.59 Å². The van der Waals surface area contributed by atoms with E-state index in [-0.39, 0.29) is 11.3 Å². The highest BCUT2D eigenvalue weighted by molar-refractivity contribution is 5.86. The van der Waals surface area contributed by atoms with Gasteiger partial charge in [0.1, 0.15) is 11.8 Å². The molecule has 1 saturated carbocycles. The number of carbonyl (C=O) groups is 2. The van der Waals surface area contributed by atoms with Gasteiger partial charge in [-0.2, -0.15) is 5.26 Å². The van der Waals surface area contributed by atoms with Crippen molar-refractivity contribution < 1.29 is 19.4 Å². The van der Waals surface area contributed by atoms with Crippen LogP contribution in [0.2, 0.25) is 0 Å². The topological polar surface area (TPSA) is 87.4 Å². The summed E-state index contributed by atoms with van der Waals surface area (Å²) in [5, 5.41) is 19.8. The molecule has 5 nitrogen and oxygen atoms in total. The molecule has 0 spiro atoms. The lowest BCUT2D eigenvalue weighted by Crippen LogP contribution is -2.52. The maximum Gasteiger partial charge on any atom is 0.315 e. The molecule has 4 aromatic rings. The Balaban J connectivity index is 1.54. The van der Waals surface area contributed by atoms with Gasteiger partial charge >= 0.3 is 11.9 Å². The highest BCUT2D eigenvalue weighted by atomic mass is 16.5. The zero-order chi connectivity index (χ0) is 25.1. The molecule has 176 valence electrons. The zero-order valence-electron chi connectivity index (χ0n) is 19.3. The van der Waals surface area contributed by atoms with Crippen LogP contribution < -0.4 is 4.74 Å². The highest BCUT2D eigenvalue weighted by Gasteiger charge is 2.59. The molecule has 4 aromatic carbocycles. The second kappa shape index (κ2) is 9.89. The first-order valence-corrected chi connectivity index (χ1v) is 11.7. The lowest BCUT2D eigenvalue weighted by Gasteiger charge is -2.49. The third-order valence-corrected chi connectivity index (χ3v) is 6.89. The molecule has 0 amide bonds. The quantitative estimate of drug-likeness (QED) is 0.273. The van der Waals surface area contributed by atoms with Crippen molar-refractivity contribution in [2.45, 2.75) is 11.8 Å². The lowest BCUT2D eigenvalue weighted by atomic mass is 9.52. The second-order valence-electron chi connectivity index (χ2n) is 8.87. The molecule has 36 heavy (non-hydrogen) atoms. The monoisotopic (exact) mass is 473 g/mol. The number of hydrogen-bond acceptors (Lipinski definition) is 4. The third kappa shape index (κ3) is 4.25. The first-order valence-electron chi connectivity index (χ1n) is 11.7. The van der Waals surface area contributed by atoms with Crippen LogP contribution in [0.5, 0.6) is 5.75 Å². The Labute approximate surface area is 209 Å². The van der Waals surface area contributed by atoms with E-state index in [9.17, 15) is 20.0 Å². The fourth-order valence-corrected chi connectivity index (χ4v) is 5.21. The van der Waals surface area contributed by atoms with Crippen LogP contribution in [0.4, 0.5) is 0 Å². The van der Waals surface area contributed by atoms with E-state index in [1.165, 1.54) is 0 Å². The molecule has 0 heterocycles.